The average molecular weight is 575 g/mol. The highest BCUT2D eigenvalue weighted by molar-refractivity contribution is 7.98. The average Bonchev–Trinajstić information content (AvgIpc) is 3.38. The van der Waals surface area contributed by atoms with E-state index in [9.17, 15) is 23.6 Å². The van der Waals surface area contributed by atoms with Gasteiger partial charge in [-0.3, -0.25) is 9.36 Å². The van der Waals surface area contributed by atoms with Crippen LogP contribution in [0.15, 0.2) is 65.7 Å². The summed E-state index contributed by atoms with van der Waals surface area (Å²) in [5.74, 6) is -0.821. The van der Waals surface area contributed by atoms with E-state index in [1.807, 2.05) is 18.2 Å². The monoisotopic (exact) mass is 574 g/mol. The van der Waals surface area contributed by atoms with Crippen LogP contribution in [0.4, 0.5) is 20.2 Å². The van der Waals surface area contributed by atoms with Crippen molar-refractivity contribution >= 4 is 40.7 Å². The molecule has 4 aromatic rings. The molecule has 208 valence electrons. The Morgan fingerprint density at radius 1 is 1.10 bits per heavy atom. The number of benzene rings is 3. The number of anilines is 2. The number of ether oxygens (including phenoxy) is 1. The van der Waals surface area contributed by atoms with Gasteiger partial charge in [0.2, 0.25) is 0 Å². The minimum atomic E-state index is -0.902. The molecule has 2 saturated heterocycles. The number of aromatic nitrogens is 2. The SMILES string of the molecule is N#Cc1c(NSN2CCC(F)C2)ccc(F)c1Oc1ccc2ncn(-c3ccc(N4CC(C=O)C4)cc3)c(=O)c2c1. The molecule has 0 radical (unpaired) electrons. The van der Waals surface area contributed by atoms with Crippen molar-refractivity contribution in [2.24, 2.45) is 5.92 Å². The lowest BCUT2D eigenvalue weighted by molar-refractivity contribution is -0.111. The number of hydrogen-bond donors (Lipinski definition) is 1. The summed E-state index contributed by atoms with van der Waals surface area (Å²) < 4.78 is 40.4. The maximum Gasteiger partial charge on any atom is 0.265 e. The fourth-order valence-corrected chi connectivity index (χ4v) is 5.67. The van der Waals surface area contributed by atoms with E-state index in [1.54, 1.807) is 28.6 Å². The Hall–Kier alpha value is -4.47. The summed E-state index contributed by atoms with van der Waals surface area (Å²) >= 11 is 1.15. The smallest absolute Gasteiger partial charge is 0.265 e. The quantitative estimate of drug-likeness (QED) is 0.234. The standard InChI is InChI=1S/C29H24F2N6O3S/c30-19-9-10-36(15-19)41-34-27-8-6-25(31)28(24(27)12-32)40-22-5-7-26-23(11-22)29(39)37(17-33-26)21-3-1-20(2-4-21)35-13-18(14-35)16-38/h1-8,11,16-19,34H,9-10,13-15H2. The number of carbonyl (C=O) groups excluding carboxylic acids is 1. The number of nitriles is 1. The van der Waals surface area contributed by atoms with E-state index in [4.69, 9.17) is 4.74 Å². The minimum absolute atomic E-state index is 0.0502. The number of hydrogen-bond acceptors (Lipinski definition) is 9. The molecule has 0 amide bonds. The number of carbonyl (C=O) groups is 1. The summed E-state index contributed by atoms with van der Waals surface area (Å²) in [6, 6.07) is 16.6. The first-order valence-electron chi connectivity index (χ1n) is 13.0. The van der Waals surface area contributed by atoms with E-state index < -0.39 is 12.0 Å². The van der Waals surface area contributed by atoms with Crippen LogP contribution in [-0.2, 0) is 4.79 Å². The summed E-state index contributed by atoms with van der Waals surface area (Å²) in [4.78, 5) is 30.8. The molecule has 9 nitrogen and oxygen atoms in total. The highest BCUT2D eigenvalue weighted by atomic mass is 32.2. The van der Waals surface area contributed by atoms with Gasteiger partial charge < -0.3 is 19.2 Å². The van der Waals surface area contributed by atoms with Gasteiger partial charge in [0.05, 0.1) is 22.3 Å². The van der Waals surface area contributed by atoms with Gasteiger partial charge in [0.25, 0.3) is 5.56 Å². The number of nitrogens with one attached hydrogen (secondary N) is 1. The molecule has 1 N–H and O–H groups in total. The van der Waals surface area contributed by atoms with Crippen LogP contribution in [0.5, 0.6) is 11.5 Å². The molecule has 0 aliphatic carbocycles. The Labute approximate surface area is 238 Å². The van der Waals surface area contributed by atoms with E-state index in [1.165, 1.54) is 29.1 Å². The van der Waals surface area contributed by atoms with Gasteiger partial charge in [-0.05, 0) is 61.0 Å². The van der Waals surface area contributed by atoms with Crippen molar-refractivity contribution in [2.45, 2.75) is 12.6 Å². The maximum absolute atomic E-state index is 14.9. The first kappa shape index (κ1) is 26.7. The van der Waals surface area contributed by atoms with E-state index in [0.717, 1.165) is 24.1 Å². The third kappa shape index (κ3) is 5.33. The molecule has 0 saturated carbocycles. The Bertz CT molecular complexity index is 1720. The lowest BCUT2D eigenvalue weighted by Gasteiger charge is -2.38. The topological polar surface area (TPSA) is 103 Å². The van der Waals surface area contributed by atoms with Gasteiger partial charge in [0.15, 0.2) is 11.6 Å². The number of nitrogens with zero attached hydrogens (tertiary/aromatic N) is 5. The van der Waals surface area contributed by atoms with Gasteiger partial charge in [-0.2, -0.15) is 5.26 Å². The first-order valence-corrected chi connectivity index (χ1v) is 13.8. The third-order valence-corrected chi connectivity index (χ3v) is 8.05. The van der Waals surface area contributed by atoms with Gasteiger partial charge in [-0.25, -0.2) is 18.1 Å². The Morgan fingerprint density at radius 3 is 2.59 bits per heavy atom. The van der Waals surface area contributed by atoms with Crippen LogP contribution in [0.3, 0.4) is 0 Å². The molecule has 1 unspecified atom stereocenters. The summed E-state index contributed by atoms with van der Waals surface area (Å²) in [6.07, 6.45) is 1.94. The van der Waals surface area contributed by atoms with Crippen molar-refractivity contribution in [1.29, 1.82) is 5.26 Å². The van der Waals surface area contributed by atoms with Crippen molar-refractivity contribution in [3.8, 4) is 23.3 Å². The summed E-state index contributed by atoms with van der Waals surface area (Å²) in [6.45, 7) is 2.16. The Morgan fingerprint density at radius 2 is 1.88 bits per heavy atom. The normalized spacial score (nSPS) is 17.3. The number of aldehydes is 1. The van der Waals surface area contributed by atoms with Crippen molar-refractivity contribution < 1.29 is 18.3 Å². The fraction of sp³-hybridized carbons (Fsp3) is 0.241. The highest BCUT2D eigenvalue weighted by Gasteiger charge is 2.26. The zero-order valence-corrected chi connectivity index (χ0v) is 22.5. The number of fused-ring (bicyclic) bond motifs is 1. The van der Waals surface area contributed by atoms with E-state index in [2.05, 4.69) is 14.6 Å². The molecular formula is C29H24F2N6O3S. The Kier molecular flexibility index (Phi) is 7.30. The lowest BCUT2D eigenvalue weighted by atomic mass is 10.0. The van der Waals surface area contributed by atoms with Crippen LogP contribution in [-0.4, -0.2) is 52.5 Å². The summed E-state index contributed by atoms with van der Waals surface area (Å²) in [7, 11) is 0. The minimum Gasteiger partial charge on any atom is -0.453 e. The Balaban J connectivity index is 1.26. The molecule has 2 aliphatic heterocycles. The number of halogens is 2. The van der Waals surface area contributed by atoms with E-state index in [-0.39, 0.29) is 40.5 Å². The molecule has 2 fully saturated rings. The van der Waals surface area contributed by atoms with Crippen molar-refractivity contribution in [1.82, 2.24) is 13.9 Å². The first-order chi connectivity index (χ1) is 19.9. The highest BCUT2D eigenvalue weighted by Crippen LogP contribution is 2.35. The molecule has 1 atom stereocenters. The predicted molar refractivity (Wildman–Crippen MR) is 153 cm³/mol. The van der Waals surface area contributed by atoms with Crippen LogP contribution in [0.25, 0.3) is 16.6 Å². The lowest BCUT2D eigenvalue weighted by Crippen LogP contribution is -2.47. The third-order valence-electron chi connectivity index (χ3n) is 7.14. The molecule has 2 aliphatic rings. The van der Waals surface area contributed by atoms with Gasteiger partial charge in [-0.15, -0.1) is 0 Å². The van der Waals surface area contributed by atoms with Crippen molar-refractivity contribution in [3.05, 3.63) is 82.7 Å². The molecule has 41 heavy (non-hydrogen) atoms. The largest absolute Gasteiger partial charge is 0.453 e. The van der Waals surface area contributed by atoms with Crippen LogP contribution < -0.4 is 19.9 Å². The molecule has 1 aromatic heterocycles. The van der Waals surface area contributed by atoms with Crippen LogP contribution >= 0.6 is 12.1 Å². The van der Waals surface area contributed by atoms with E-state index in [0.29, 0.717) is 42.9 Å². The second-order valence-electron chi connectivity index (χ2n) is 9.90. The molecule has 12 heteroatoms. The molecule has 0 spiro atoms. The van der Waals surface area contributed by atoms with E-state index >= 15 is 0 Å². The van der Waals surface area contributed by atoms with Crippen LogP contribution in [0.2, 0.25) is 0 Å². The van der Waals surface area contributed by atoms with Crippen LogP contribution in [0.1, 0.15) is 12.0 Å². The molecule has 3 aromatic carbocycles. The summed E-state index contributed by atoms with van der Waals surface area (Å²) in [5, 5.41) is 10.1. The van der Waals surface area contributed by atoms with Crippen LogP contribution in [0, 0.1) is 23.1 Å². The zero-order chi connectivity index (χ0) is 28.5. The zero-order valence-electron chi connectivity index (χ0n) is 21.7. The molecule has 6 rings (SSSR count). The van der Waals surface area contributed by atoms with Gasteiger partial charge in [0, 0.05) is 49.9 Å². The second-order valence-corrected chi connectivity index (χ2v) is 10.8. The number of alkyl halides is 1. The van der Waals surface area contributed by atoms with Crippen molar-refractivity contribution in [3.63, 3.8) is 0 Å². The summed E-state index contributed by atoms with van der Waals surface area (Å²) in [5.41, 5.74) is 1.92. The van der Waals surface area contributed by atoms with Gasteiger partial charge in [-0.1, -0.05) is 0 Å². The van der Waals surface area contributed by atoms with Gasteiger partial charge in [0.1, 0.15) is 36.2 Å². The fourth-order valence-electron chi connectivity index (χ4n) is 4.84. The van der Waals surface area contributed by atoms with Gasteiger partial charge >= 0.3 is 0 Å². The predicted octanol–water partition coefficient (Wildman–Crippen LogP) is 4.84. The second kappa shape index (κ2) is 11.2. The maximum atomic E-state index is 14.9. The van der Waals surface area contributed by atoms with Crippen molar-refractivity contribution in [2.75, 3.05) is 35.8 Å². The molecular weight excluding hydrogens is 550 g/mol. The molecule has 3 heterocycles. The molecule has 0 bridgehead atoms. The number of rotatable bonds is 8.